The van der Waals surface area contributed by atoms with Crippen molar-refractivity contribution in [2.45, 2.75) is 38.0 Å². The number of carbonyl (C=O) groups excluding carboxylic acids is 1. The van der Waals surface area contributed by atoms with Gasteiger partial charge >= 0.3 is 0 Å². The minimum atomic E-state index is -0.304. The highest BCUT2D eigenvalue weighted by Gasteiger charge is 2.21. The Balaban J connectivity index is 2.31. The van der Waals surface area contributed by atoms with Crippen LogP contribution in [0.5, 0.6) is 0 Å². The smallest absolute Gasteiger partial charge is 0.265 e. The number of amides is 1. The molecule has 1 fully saturated rings. The van der Waals surface area contributed by atoms with Gasteiger partial charge in [0.25, 0.3) is 5.91 Å². The lowest BCUT2D eigenvalue weighted by Crippen LogP contribution is -2.11. The van der Waals surface area contributed by atoms with E-state index in [0.717, 1.165) is 18.4 Å². The van der Waals surface area contributed by atoms with E-state index in [0.29, 0.717) is 11.6 Å². The minimum absolute atomic E-state index is 0.304. The van der Waals surface area contributed by atoms with Crippen LogP contribution in [0, 0.1) is 0 Å². The van der Waals surface area contributed by atoms with Crippen LogP contribution in [-0.4, -0.2) is 17.6 Å². The van der Waals surface area contributed by atoms with E-state index in [4.69, 9.17) is 0 Å². The third kappa shape index (κ3) is 2.18. The maximum absolute atomic E-state index is 11.6. The van der Waals surface area contributed by atoms with E-state index >= 15 is 0 Å². The molecule has 0 aliphatic heterocycles. The molecule has 3 heteroatoms. The van der Waals surface area contributed by atoms with Crippen LogP contribution in [0.1, 0.15) is 54.1 Å². The molecule has 2 rings (SSSR count). The van der Waals surface area contributed by atoms with E-state index in [1.807, 2.05) is 12.1 Å². The predicted molar refractivity (Wildman–Crippen MR) is 63.9 cm³/mol. The van der Waals surface area contributed by atoms with Gasteiger partial charge in [0.2, 0.25) is 0 Å². The van der Waals surface area contributed by atoms with Crippen molar-refractivity contribution in [3.8, 4) is 0 Å². The van der Waals surface area contributed by atoms with Crippen molar-refractivity contribution in [1.82, 2.24) is 4.98 Å². The first-order valence-electron chi connectivity index (χ1n) is 5.79. The quantitative estimate of drug-likeness (QED) is 0.713. The highest BCUT2D eigenvalue weighted by molar-refractivity contribution is 5.96. The Kier molecular flexibility index (Phi) is 3.44. The van der Waals surface area contributed by atoms with E-state index < -0.39 is 0 Å². The zero-order valence-corrected chi connectivity index (χ0v) is 9.35. The molecule has 0 bridgehead atoms. The predicted octanol–water partition coefficient (Wildman–Crippen LogP) is 2.97. The number of nitrogens with zero attached hydrogens (tertiary/aromatic N) is 2. The van der Waals surface area contributed by atoms with Gasteiger partial charge in [0.15, 0.2) is 0 Å². The van der Waals surface area contributed by atoms with Crippen molar-refractivity contribution in [2.75, 3.05) is 0 Å². The van der Waals surface area contributed by atoms with E-state index in [9.17, 15) is 4.79 Å². The number of pyridine rings is 1. The first-order chi connectivity index (χ1) is 7.83. The van der Waals surface area contributed by atoms with Gasteiger partial charge in [0.1, 0.15) is 5.69 Å². The third-order valence-corrected chi connectivity index (χ3v) is 3.23. The van der Waals surface area contributed by atoms with Gasteiger partial charge in [-0.1, -0.05) is 25.3 Å². The summed E-state index contributed by atoms with van der Waals surface area (Å²) < 4.78 is 0. The van der Waals surface area contributed by atoms with Gasteiger partial charge in [-0.3, -0.25) is 9.78 Å². The number of rotatable bonds is 2. The molecule has 0 N–H and O–H groups in total. The van der Waals surface area contributed by atoms with Crippen LogP contribution in [0.4, 0.5) is 0 Å². The molecule has 1 heterocycles. The van der Waals surface area contributed by atoms with Crippen molar-refractivity contribution in [1.29, 1.82) is 0 Å². The number of hydrogen-bond acceptors (Lipinski definition) is 2. The summed E-state index contributed by atoms with van der Waals surface area (Å²) in [5.74, 6) is 0.171. The van der Waals surface area contributed by atoms with Crippen molar-refractivity contribution in [2.24, 2.45) is 4.99 Å². The van der Waals surface area contributed by atoms with Crippen molar-refractivity contribution < 1.29 is 4.79 Å². The molecule has 0 radical (unpaired) electrons. The first kappa shape index (κ1) is 11.0. The summed E-state index contributed by atoms with van der Waals surface area (Å²) in [6.07, 6.45) is 7.75. The average Bonchev–Trinajstić information content (AvgIpc) is 2.39. The number of aliphatic imine (C=N–C) groups is 1. The van der Waals surface area contributed by atoms with Crippen LogP contribution in [0.15, 0.2) is 23.3 Å². The van der Waals surface area contributed by atoms with Crippen LogP contribution in [0.3, 0.4) is 0 Å². The molecule has 1 saturated carbocycles. The monoisotopic (exact) mass is 216 g/mol. The largest absolute Gasteiger partial charge is 0.295 e. The Morgan fingerprint density at radius 3 is 2.81 bits per heavy atom. The van der Waals surface area contributed by atoms with Gasteiger partial charge in [-0.05, 0) is 37.1 Å². The fraction of sp³-hybridized carbons (Fsp3) is 0.462. The van der Waals surface area contributed by atoms with Crippen molar-refractivity contribution in [3.63, 3.8) is 0 Å². The SMILES string of the molecule is C=NC(=O)c1ncccc1C1CCCCC1. The second kappa shape index (κ2) is 5.01. The lowest BCUT2D eigenvalue weighted by molar-refractivity contribution is 0.0997. The number of carbonyl (C=O) groups is 1. The molecular weight excluding hydrogens is 200 g/mol. The molecule has 1 aliphatic carbocycles. The number of aromatic nitrogens is 1. The molecule has 1 aromatic heterocycles. The van der Waals surface area contributed by atoms with Gasteiger partial charge in [-0.15, -0.1) is 0 Å². The highest BCUT2D eigenvalue weighted by atomic mass is 16.1. The fourth-order valence-corrected chi connectivity index (χ4v) is 2.41. The fourth-order valence-electron chi connectivity index (χ4n) is 2.41. The molecule has 0 saturated heterocycles. The molecule has 1 aliphatic rings. The third-order valence-electron chi connectivity index (χ3n) is 3.23. The van der Waals surface area contributed by atoms with Crippen LogP contribution >= 0.6 is 0 Å². The van der Waals surface area contributed by atoms with Gasteiger partial charge < -0.3 is 0 Å². The van der Waals surface area contributed by atoms with Crippen LogP contribution < -0.4 is 0 Å². The average molecular weight is 216 g/mol. The van der Waals surface area contributed by atoms with E-state index in [1.54, 1.807) is 6.20 Å². The summed E-state index contributed by atoms with van der Waals surface area (Å²) in [6, 6.07) is 3.89. The molecule has 1 amide bonds. The van der Waals surface area contributed by atoms with Gasteiger partial charge in [0, 0.05) is 6.20 Å². The molecule has 84 valence electrons. The standard InChI is InChI=1S/C13H16N2O/c1-14-13(16)12-11(8-5-9-15-12)10-6-3-2-4-7-10/h5,8-10H,1-4,6-7H2. The van der Waals surface area contributed by atoms with E-state index in [2.05, 4.69) is 16.7 Å². The topological polar surface area (TPSA) is 42.3 Å². The second-order valence-corrected chi connectivity index (χ2v) is 4.24. The molecular formula is C13H16N2O. The lowest BCUT2D eigenvalue weighted by Gasteiger charge is -2.22. The Morgan fingerprint density at radius 2 is 2.12 bits per heavy atom. The maximum atomic E-state index is 11.6. The summed E-state index contributed by atoms with van der Waals surface area (Å²) in [5, 5.41) is 0. The zero-order chi connectivity index (χ0) is 11.4. The summed E-state index contributed by atoms with van der Waals surface area (Å²) in [5.41, 5.74) is 1.55. The molecule has 0 unspecified atom stereocenters. The van der Waals surface area contributed by atoms with Crippen LogP contribution in [-0.2, 0) is 0 Å². The Hall–Kier alpha value is -1.51. The highest BCUT2D eigenvalue weighted by Crippen LogP contribution is 2.33. The Morgan fingerprint density at radius 1 is 1.38 bits per heavy atom. The van der Waals surface area contributed by atoms with Crippen molar-refractivity contribution >= 4 is 12.6 Å². The van der Waals surface area contributed by atoms with E-state index in [1.165, 1.54) is 19.3 Å². The molecule has 0 spiro atoms. The van der Waals surface area contributed by atoms with Gasteiger partial charge in [0.05, 0.1) is 0 Å². The Bertz CT molecular complexity index is 395. The summed E-state index contributed by atoms with van der Waals surface area (Å²) in [6.45, 7) is 3.28. The zero-order valence-electron chi connectivity index (χ0n) is 9.35. The van der Waals surface area contributed by atoms with Crippen molar-refractivity contribution in [3.05, 3.63) is 29.6 Å². The van der Waals surface area contributed by atoms with Crippen LogP contribution in [0.25, 0.3) is 0 Å². The maximum Gasteiger partial charge on any atom is 0.295 e. The van der Waals surface area contributed by atoms with E-state index in [-0.39, 0.29) is 5.91 Å². The summed E-state index contributed by atoms with van der Waals surface area (Å²) in [4.78, 5) is 19.2. The second-order valence-electron chi connectivity index (χ2n) is 4.24. The molecule has 1 aromatic rings. The number of hydrogen-bond donors (Lipinski definition) is 0. The summed E-state index contributed by atoms with van der Waals surface area (Å²) in [7, 11) is 0. The van der Waals surface area contributed by atoms with Crippen LogP contribution in [0.2, 0.25) is 0 Å². The summed E-state index contributed by atoms with van der Waals surface area (Å²) >= 11 is 0. The first-order valence-corrected chi connectivity index (χ1v) is 5.79. The van der Waals surface area contributed by atoms with Gasteiger partial charge in [-0.25, -0.2) is 4.99 Å². The minimum Gasteiger partial charge on any atom is -0.265 e. The van der Waals surface area contributed by atoms with Gasteiger partial charge in [-0.2, -0.15) is 0 Å². The molecule has 3 nitrogen and oxygen atoms in total. The molecule has 0 aromatic carbocycles. The Labute approximate surface area is 95.6 Å². The normalized spacial score (nSPS) is 17.0. The molecule has 16 heavy (non-hydrogen) atoms. The lowest BCUT2D eigenvalue weighted by atomic mass is 9.83. The molecule has 0 atom stereocenters.